The molecule has 4 nitrogen and oxygen atoms in total. The Kier molecular flexibility index (Phi) is 3.50. The molecule has 0 aliphatic carbocycles. The van der Waals surface area contributed by atoms with Gasteiger partial charge in [-0.15, -0.1) is 0 Å². The first-order valence-corrected chi connectivity index (χ1v) is 6.28. The first-order chi connectivity index (χ1) is 7.63. The van der Waals surface area contributed by atoms with Crippen molar-refractivity contribution in [2.24, 2.45) is 11.8 Å². The Hall–Kier alpha value is -0.610. The zero-order valence-corrected chi connectivity index (χ0v) is 10.6. The minimum Gasteiger partial charge on any atom is -0.338 e. The Balaban J connectivity index is 2.02. The number of rotatable bonds is 3. The average Bonchev–Trinajstić information content (AvgIpc) is 2.74. The molecule has 2 heterocycles. The Morgan fingerprint density at radius 2 is 2.19 bits per heavy atom. The summed E-state index contributed by atoms with van der Waals surface area (Å²) in [5.74, 6) is 1.68. The number of fused-ring (bicyclic) bond motifs is 1. The van der Waals surface area contributed by atoms with Gasteiger partial charge < -0.3 is 15.1 Å². The van der Waals surface area contributed by atoms with Crippen molar-refractivity contribution < 1.29 is 4.79 Å². The number of carbonyl (C=O) groups is 1. The molecule has 0 aromatic heterocycles. The number of nitrogens with zero attached hydrogens (tertiary/aromatic N) is 2. The van der Waals surface area contributed by atoms with Crippen LogP contribution in [0.15, 0.2) is 0 Å². The van der Waals surface area contributed by atoms with E-state index in [1.54, 1.807) is 0 Å². The molecule has 0 aromatic rings. The van der Waals surface area contributed by atoms with Gasteiger partial charge >= 0.3 is 0 Å². The van der Waals surface area contributed by atoms with Crippen LogP contribution in [0.1, 0.15) is 13.3 Å². The molecule has 0 aromatic carbocycles. The number of nitrogens with one attached hydrogen (secondary N) is 1. The first kappa shape index (κ1) is 11.9. The number of carbonyl (C=O) groups excluding carboxylic acids is 1. The average molecular weight is 225 g/mol. The van der Waals surface area contributed by atoms with E-state index in [9.17, 15) is 4.79 Å². The highest BCUT2D eigenvalue weighted by atomic mass is 16.2. The van der Waals surface area contributed by atoms with Gasteiger partial charge in [0.25, 0.3) is 0 Å². The molecule has 0 radical (unpaired) electrons. The Bertz CT molecular complexity index is 267. The van der Waals surface area contributed by atoms with Crippen molar-refractivity contribution in [2.45, 2.75) is 19.4 Å². The number of likely N-dealkylation sites (N-methyl/N-ethyl adjacent to an activating group) is 1. The van der Waals surface area contributed by atoms with Crippen molar-refractivity contribution in [3.63, 3.8) is 0 Å². The topological polar surface area (TPSA) is 35.6 Å². The van der Waals surface area contributed by atoms with E-state index in [1.807, 2.05) is 19.0 Å². The monoisotopic (exact) mass is 225 g/mol. The third-order valence-electron chi connectivity index (χ3n) is 3.91. The van der Waals surface area contributed by atoms with Crippen molar-refractivity contribution in [1.82, 2.24) is 15.1 Å². The number of hydrogen-bond acceptors (Lipinski definition) is 3. The summed E-state index contributed by atoms with van der Waals surface area (Å²) in [5.41, 5.74) is 0. The largest absolute Gasteiger partial charge is 0.338 e. The quantitative estimate of drug-likeness (QED) is 0.734. The fourth-order valence-corrected chi connectivity index (χ4v) is 3.19. The second-order valence-electron chi connectivity index (χ2n) is 5.34. The fraction of sp³-hybridized carbons (Fsp3) is 0.917. The number of hydrogen-bond donors (Lipinski definition) is 1. The van der Waals surface area contributed by atoms with Crippen molar-refractivity contribution >= 4 is 5.91 Å². The maximum Gasteiger partial charge on any atom is 0.236 e. The van der Waals surface area contributed by atoms with E-state index in [-0.39, 0.29) is 0 Å². The molecule has 1 amide bonds. The van der Waals surface area contributed by atoms with Gasteiger partial charge in [-0.05, 0) is 32.4 Å². The first-order valence-electron chi connectivity index (χ1n) is 6.28. The predicted octanol–water partition coefficient (Wildman–Crippen LogP) is 0.00440. The maximum atomic E-state index is 12.1. The van der Waals surface area contributed by atoms with Crippen LogP contribution in [-0.4, -0.2) is 62.0 Å². The molecule has 3 unspecified atom stereocenters. The predicted molar refractivity (Wildman–Crippen MR) is 64.2 cm³/mol. The SMILES string of the molecule is CCC1C2CNCC2CN1C(=O)CN(C)C. The second-order valence-corrected chi connectivity index (χ2v) is 5.34. The maximum absolute atomic E-state index is 12.1. The lowest BCUT2D eigenvalue weighted by molar-refractivity contribution is -0.133. The van der Waals surface area contributed by atoms with Gasteiger partial charge in [-0.2, -0.15) is 0 Å². The summed E-state index contributed by atoms with van der Waals surface area (Å²) in [6.07, 6.45) is 1.09. The summed E-state index contributed by atoms with van der Waals surface area (Å²) in [6, 6.07) is 0.465. The summed E-state index contributed by atoms with van der Waals surface area (Å²) in [6.45, 7) is 5.88. The molecule has 2 aliphatic heterocycles. The van der Waals surface area contributed by atoms with Gasteiger partial charge in [-0.25, -0.2) is 0 Å². The highest BCUT2D eigenvalue weighted by molar-refractivity contribution is 5.79. The summed E-state index contributed by atoms with van der Waals surface area (Å²) >= 11 is 0. The molecule has 2 fully saturated rings. The van der Waals surface area contributed by atoms with Crippen LogP contribution in [0.4, 0.5) is 0 Å². The van der Waals surface area contributed by atoms with Crippen molar-refractivity contribution in [1.29, 1.82) is 0 Å². The number of amides is 1. The molecule has 0 bridgehead atoms. The molecule has 0 spiro atoms. The Morgan fingerprint density at radius 3 is 2.81 bits per heavy atom. The lowest BCUT2D eigenvalue weighted by Crippen LogP contribution is -2.43. The van der Waals surface area contributed by atoms with Gasteiger partial charge in [-0.3, -0.25) is 4.79 Å². The molecule has 3 atom stereocenters. The lowest BCUT2D eigenvalue weighted by atomic mass is 9.93. The van der Waals surface area contributed by atoms with Gasteiger partial charge in [0.1, 0.15) is 0 Å². The van der Waals surface area contributed by atoms with E-state index in [0.29, 0.717) is 30.3 Å². The molecule has 0 saturated carbocycles. The van der Waals surface area contributed by atoms with Gasteiger partial charge in [0.2, 0.25) is 5.91 Å². The highest BCUT2D eigenvalue weighted by Crippen LogP contribution is 2.34. The second kappa shape index (κ2) is 4.72. The summed E-state index contributed by atoms with van der Waals surface area (Å²) in [7, 11) is 3.91. The molecule has 2 rings (SSSR count). The molecular weight excluding hydrogens is 202 g/mol. The van der Waals surface area contributed by atoms with E-state index in [1.165, 1.54) is 0 Å². The number of likely N-dealkylation sites (tertiary alicyclic amines) is 1. The zero-order valence-electron chi connectivity index (χ0n) is 10.6. The van der Waals surface area contributed by atoms with Crippen LogP contribution < -0.4 is 5.32 Å². The normalized spacial score (nSPS) is 33.5. The van der Waals surface area contributed by atoms with E-state index >= 15 is 0 Å². The van der Waals surface area contributed by atoms with Gasteiger partial charge in [0.15, 0.2) is 0 Å². The summed E-state index contributed by atoms with van der Waals surface area (Å²) in [5, 5.41) is 3.44. The van der Waals surface area contributed by atoms with Crippen molar-refractivity contribution in [3.05, 3.63) is 0 Å². The molecule has 1 N–H and O–H groups in total. The smallest absolute Gasteiger partial charge is 0.236 e. The van der Waals surface area contributed by atoms with Gasteiger partial charge in [0.05, 0.1) is 6.54 Å². The van der Waals surface area contributed by atoms with Crippen LogP contribution >= 0.6 is 0 Å². The molecule has 4 heteroatoms. The molecule has 92 valence electrons. The van der Waals surface area contributed by atoms with Crippen LogP contribution in [0.25, 0.3) is 0 Å². The Morgan fingerprint density at radius 1 is 1.44 bits per heavy atom. The minimum atomic E-state index is 0.297. The summed E-state index contributed by atoms with van der Waals surface area (Å²) in [4.78, 5) is 16.2. The minimum absolute atomic E-state index is 0.297. The van der Waals surface area contributed by atoms with E-state index in [4.69, 9.17) is 0 Å². The molecular formula is C12H23N3O. The third kappa shape index (κ3) is 2.09. The Labute approximate surface area is 98.0 Å². The molecule has 2 saturated heterocycles. The van der Waals surface area contributed by atoms with E-state index in [0.717, 1.165) is 26.1 Å². The van der Waals surface area contributed by atoms with Crippen LogP contribution in [0, 0.1) is 11.8 Å². The standard InChI is InChI=1S/C12H23N3O/c1-4-11-10-6-13-5-9(10)7-15(11)12(16)8-14(2)3/h9-11,13H,4-8H2,1-3H3. The zero-order chi connectivity index (χ0) is 11.7. The van der Waals surface area contributed by atoms with Crippen LogP contribution in [0.3, 0.4) is 0 Å². The van der Waals surface area contributed by atoms with Crippen molar-refractivity contribution in [2.75, 3.05) is 40.3 Å². The summed E-state index contributed by atoms with van der Waals surface area (Å²) < 4.78 is 0. The van der Waals surface area contributed by atoms with Crippen LogP contribution in [-0.2, 0) is 4.79 Å². The van der Waals surface area contributed by atoms with Crippen LogP contribution in [0.5, 0.6) is 0 Å². The lowest BCUT2D eigenvalue weighted by Gasteiger charge is -2.28. The molecule has 16 heavy (non-hydrogen) atoms. The fourth-order valence-electron chi connectivity index (χ4n) is 3.19. The molecule has 2 aliphatic rings. The van der Waals surface area contributed by atoms with Crippen LogP contribution in [0.2, 0.25) is 0 Å². The third-order valence-corrected chi connectivity index (χ3v) is 3.91. The van der Waals surface area contributed by atoms with Gasteiger partial charge in [0, 0.05) is 25.7 Å². The van der Waals surface area contributed by atoms with E-state index in [2.05, 4.69) is 17.1 Å². The van der Waals surface area contributed by atoms with Crippen molar-refractivity contribution in [3.8, 4) is 0 Å². The highest BCUT2D eigenvalue weighted by Gasteiger charge is 2.44. The van der Waals surface area contributed by atoms with Gasteiger partial charge in [-0.1, -0.05) is 6.92 Å². The van der Waals surface area contributed by atoms with E-state index < -0.39 is 0 Å².